The van der Waals surface area contributed by atoms with Gasteiger partial charge in [-0.25, -0.2) is 0 Å². The van der Waals surface area contributed by atoms with Crippen molar-refractivity contribution in [3.8, 4) is 5.75 Å². The van der Waals surface area contributed by atoms with Crippen LogP contribution in [-0.4, -0.2) is 45.0 Å². The van der Waals surface area contributed by atoms with E-state index >= 15 is 0 Å². The van der Waals surface area contributed by atoms with Gasteiger partial charge in [0.25, 0.3) is 0 Å². The van der Waals surface area contributed by atoms with Crippen molar-refractivity contribution in [2.75, 3.05) is 26.8 Å². The van der Waals surface area contributed by atoms with Gasteiger partial charge in [-0.15, -0.1) is 24.0 Å². The molecule has 0 aliphatic rings. The molecule has 0 unspecified atom stereocenters. The monoisotopic (exact) mass is 489 g/mol. The van der Waals surface area contributed by atoms with Crippen molar-refractivity contribution >= 4 is 29.9 Å². The summed E-state index contributed by atoms with van der Waals surface area (Å²) < 4.78 is 46.4. The molecule has 0 saturated heterocycles. The average Bonchev–Trinajstić information content (AvgIpc) is 2.55. The number of hydrogen-bond donors (Lipinski definition) is 2. The minimum absolute atomic E-state index is 0. The zero-order valence-electron chi connectivity index (χ0n) is 15.2. The van der Waals surface area contributed by atoms with Gasteiger partial charge in [0.15, 0.2) is 12.6 Å². The van der Waals surface area contributed by atoms with Crippen LogP contribution in [-0.2, 0) is 11.3 Å². The van der Waals surface area contributed by atoms with Gasteiger partial charge in [-0.1, -0.05) is 12.1 Å². The molecule has 0 radical (unpaired) electrons. The number of ether oxygens (including phenoxy) is 2. The number of hydrogen-bond acceptors (Lipinski definition) is 3. The largest absolute Gasteiger partial charge is 0.484 e. The van der Waals surface area contributed by atoms with Crippen molar-refractivity contribution in [1.29, 1.82) is 0 Å². The lowest BCUT2D eigenvalue weighted by Gasteiger charge is -2.13. The van der Waals surface area contributed by atoms with Crippen LogP contribution < -0.4 is 15.4 Å². The highest BCUT2D eigenvalue weighted by Gasteiger charge is 2.28. The van der Waals surface area contributed by atoms with E-state index < -0.39 is 12.8 Å². The van der Waals surface area contributed by atoms with E-state index in [1.54, 1.807) is 19.2 Å². The van der Waals surface area contributed by atoms with Gasteiger partial charge in [0, 0.05) is 26.7 Å². The second-order valence-corrected chi connectivity index (χ2v) is 5.67. The van der Waals surface area contributed by atoms with E-state index in [0.29, 0.717) is 19.1 Å². The van der Waals surface area contributed by atoms with Gasteiger partial charge in [0.2, 0.25) is 0 Å². The Morgan fingerprint density at radius 3 is 2.35 bits per heavy atom. The number of benzene rings is 1. The Bertz CT molecular complexity index is 523. The van der Waals surface area contributed by atoms with E-state index in [4.69, 9.17) is 4.74 Å². The summed E-state index contributed by atoms with van der Waals surface area (Å²) in [6.07, 6.45) is -3.25. The van der Waals surface area contributed by atoms with Gasteiger partial charge < -0.3 is 20.1 Å². The Labute approximate surface area is 169 Å². The molecular weight excluding hydrogens is 462 g/mol. The fourth-order valence-corrected chi connectivity index (χ4v) is 1.87. The van der Waals surface area contributed by atoms with Gasteiger partial charge in [0.1, 0.15) is 5.75 Å². The SMILES string of the molecule is CN=C(NCCCOC(C)C)NCc1ccc(OCC(F)(F)F)cc1.I. The van der Waals surface area contributed by atoms with E-state index in [2.05, 4.69) is 20.4 Å². The maximum absolute atomic E-state index is 12.1. The van der Waals surface area contributed by atoms with Crippen LogP contribution >= 0.6 is 24.0 Å². The summed E-state index contributed by atoms with van der Waals surface area (Å²) >= 11 is 0. The fraction of sp³-hybridized carbons (Fsp3) is 0.588. The molecule has 0 amide bonds. The van der Waals surface area contributed by atoms with Crippen molar-refractivity contribution in [2.45, 2.75) is 39.1 Å². The Balaban J connectivity index is 0.00000625. The standard InChI is InChI=1S/C17H26F3N3O2.HI/c1-13(2)24-10-4-9-22-16(21-3)23-11-14-5-7-15(8-6-14)25-12-17(18,19)20;/h5-8,13H,4,9-12H2,1-3H3,(H2,21,22,23);1H. The van der Waals surface area contributed by atoms with Gasteiger partial charge in [-0.05, 0) is 38.0 Å². The van der Waals surface area contributed by atoms with Gasteiger partial charge in [-0.3, -0.25) is 4.99 Å². The number of guanidine groups is 1. The number of nitrogens with zero attached hydrogens (tertiary/aromatic N) is 1. The zero-order chi connectivity index (χ0) is 18.7. The maximum Gasteiger partial charge on any atom is 0.422 e. The summed E-state index contributed by atoms with van der Waals surface area (Å²) in [5, 5.41) is 6.31. The zero-order valence-corrected chi connectivity index (χ0v) is 17.6. The molecule has 0 aromatic heterocycles. The summed E-state index contributed by atoms with van der Waals surface area (Å²) in [4.78, 5) is 4.11. The first-order valence-corrected chi connectivity index (χ1v) is 8.15. The fourth-order valence-electron chi connectivity index (χ4n) is 1.87. The minimum Gasteiger partial charge on any atom is -0.484 e. The predicted molar refractivity (Wildman–Crippen MR) is 107 cm³/mol. The molecule has 150 valence electrons. The molecule has 0 saturated carbocycles. The lowest BCUT2D eigenvalue weighted by molar-refractivity contribution is -0.153. The van der Waals surface area contributed by atoms with Crippen LogP contribution in [0.4, 0.5) is 13.2 Å². The Hall–Kier alpha value is -1.23. The molecule has 0 atom stereocenters. The molecule has 0 heterocycles. The summed E-state index contributed by atoms with van der Waals surface area (Å²) in [6, 6.07) is 6.45. The highest BCUT2D eigenvalue weighted by atomic mass is 127. The molecule has 0 bridgehead atoms. The van der Waals surface area contributed by atoms with Crippen molar-refractivity contribution in [3.05, 3.63) is 29.8 Å². The molecule has 1 rings (SSSR count). The van der Waals surface area contributed by atoms with Crippen LogP contribution in [0.1, 0.15) is 25.8 Å². The van der Waals surface area contributed by atoms with Crippen LogP contribution in [0.25, 0.3) is 0 Å². The number of rotatable bonds is 9. The number of alkyl halides is 3. The predicted octanol–water partition coefficient (Wildman–Crippen LogP) is 3.73. The van der Waals surface area contributed by atoms with Crippen LogP contribution in [0.15, 0.2) is 29.3 Å². The lowest BCUT2D eigenvalue weighted by atomic mass is 10.2. The third-order valence-electron chi connectivity index (χ3n) is 3.07. The van der Waals surface area contributed by atoms with Crippen LogP contribution in [0, 0.1) is 0 Å². The van der Waals surface area contributed by atoms with E-state index in [1.165, 1.54) is 12.1 Å². The molecule has 2 N–H and O–H groups in total. The molecule has 0 spiro atoms. The normalized spacial score (nSPS) is 11.9. The smallest absolute Gasteiger partial charge is 0.422 e. The first kappa shape index (κ1) is 24.8. The van der Waals surface area contributed by atoms with Crippen molar-refractivity contribution < 1.29 is 22.6 Å². The molecule has 0 aliphatic heterocycles. The highest BCUT2D eigenvalue weighted by Crippen LogP contribution is 2.18. The molecule has 9 heteroatoms. The molecule has 26 heavy (non-hydrogen) atoms. The second kappa shape index (κ2) is 13.0. The van der Waals surface area contributed by atoms with Crippen molar-refractivity contribution in [3.63, 3.8) is 0 Å². The molecule has 0 fully saturated rings. The van der Waals surface area contributed by atoms with Crippen LogP contribution in [0.5, 0.6) is 5.75 Å². The third kappa shape index (κ3) is 12.2. The first-order chi connectivity index (χ1) is 11.8. The van der Waals surface area contributed by atoms with Gasteiger partial charge in [-0.2, -0.15) is 13.2 Å². The van der Waals surface area contributed by atoms with Crippen molar-refractivity contribution in [1.82, 2.24) is 10.6 Å². The van der Waals surface area contributed by atoms with Crippen LogP contribution in [0.2, 0.25) is 0 Å². The van der Waals surface area contributed by atoms with E-state index in [-0.39, 0.29) is 35.8 Å². The number of aliphatic imine (C=N–C) groups is 1. The molecule has 1 aromatic rings. The summed E-state index contributed by atoms with van der Waals surface area (Å²) in [5.74, 6) is 0.843. The average molecular weight is 489 g/mol. The number of halogens is 4. The Morgan fingerprint density at radius 2 is 1.81 bits per heavy atom. The molecular formula is C17H27F3IN3O2. The summed E-state index contributed by atoms with van der Waals surface area (Å²) in [6.45, 7) is 4.61. The van der Waals surface area contributed by atoms with Gasteiger partial charge >= 0.3 is 6.18 Å². The third-order valence-corrected chi connectivity index (χ3v) is 3.07. The summed E-state index contributed by atoms with van der Waals surface area (Å²) in [5.41, 5.74) is 0.908. The lowest BCUT2D eigenvalue weighted by Crippen LogP contribution is -2.37. The highest BCUT2D eigenvalue weighted by molar-refractivity contribution is 14.0. The minimum atomic E-state index is -4.33. The first-order valence-electron chi connectivity index (χ1n) is 8.15. The molecule has 0 aliphatic carbocycles. The van der Waals surface area contributed by atoms with E-state index in [1.807, 2.05) is 13.8 Å². The topological polar surface area (TPSA) is 54.9 Å². The summed E-state index contributed by atoms with van der Waals surface area (Å²) in [7, 11) is 1.67. The molecule has 5 nitrogen and oxygen atoms in total. The number of nitrogens with one attached hydrogen (secondary N) is 2. The second-order valence-electron chi connectivity index (χ2n) is 5.67. The van der Waals surface area contributed by atoms with Crippen molar-refractivity contribution in [2.24, 2.45) is 4.99 Å². The maximum atomic E-state index is 12.1. The van der Waals surface area contributed by atoms with E-state index in [0.717, 1.165) is 18.5 Å². The van der Waals surface area contributed by atoms with E-state index in [9.17, 15) is 13.2 Å². The molecule has 1 aromatic carbocycles. The quantitative estimate of drug-likeness (QED) is 0.240. The Kier molecular flexibility index (Phi) is 12.4. The Morgan fingerprint density at radius 1 is 1.15 bits per heavy atom. The van der Waals surface area contributed by atoms with Crippen LogP contribution in [0.3, 0.4) is 0 Å². The van der Waals surface area contributed by atoms with Gasteiger partial charge in [0.05, 0.1) is 6.10 Å².